The lowest BCUT2D eigenvalue weighted by Crippen LogP contribution is -1.97. The zero-order valence-corrected chi connectivity index (χ0v) is 8.70. The quantitative estimate of drug-likeness (QED) is 0.624. The average Bonchev–Trinajstić information content (AvgIpc) is 2.97. The van der Waals surface area contributed by atoms with Gasteiger partial charge in [-0.15, -0.1) is 0 Å². The molecule has 4 heteroatoms. The van der Waals surface area contributed by atoms with Gasteiger partial charge in [-0.25, -0.2) is 0 Å². The zero-order chi connectivity index (χ0) is 10.8. The van der Waals surface area contributed by atoms with Gasteiger partial charge in [-0.2, -0.15) is 5.10 Å². The molecule has 0 spiro atoms. The monoisotopic (exact) mass is 212 g/mol. The fraction of sp³-hybridized carbons (Fsp3) is 0.0833. The van der Waals surface area contributed by atoms with Crippen molar-refractivity contribution in [1.29, 1.82) is 0 Å². The summed E-state index contributed by atoms with van der Waals surface area (Å²) in [5, 5.41) is 11.4. The van der Waals surface area contributed by atoms with Gasteiger partial charge in [0, 0.05) is 30.0 Å². The van der Waals surface area contributed by atoms with Crippen molar-refractivity contribution < 1.29 is 0 Å². The number of benzene rings is 1. The van der Waals surface area contributed by atoms with Crippen molar-refractivity contribution in [1.82, 2.24) is 15.2 Å². The molecule has 2 heterocycles. The Morgan fingerprint density at radius 3 is 3.12 bits per heavy atom. The number of hydrogen-bond donors (Lipinski definition) is 3. The molecule has 80 valence electrons. The normalized spacial score (nSPS) is 10.8. The second-order valence-electron chi connectivity index (χ2n) is 3.74. The Hall–Kier alpha value is -2.23. The molecule has 0 bridgehead atoms. The summed E-state index contributed by atoms with van der Waals surface area (Å²) < 4.78 is 0. The van der Waals surface area contributed by atoms with E-state index < -0.39 is 0 Å². The summed E-state index contributed by atoms with van der Waals surface area (Å²) >= 11 is 0. The zero-order valence-electron chi connectivity index (χ0n) is 8.70. The third kappa shape index (κ3) is 1.65. The molecule has 3 N–H and O–H groups in total. The Morgan fingerprint density at radius 1 is 1.25 bits per heavy atom. The van der Waals surface area contributed by atoms with Crippen LogP contribution in [0, 0.1) is 0 Å². The minimum atomic E-state index is 0.823. The third-order valence-electron chi connectivity index (χ3n) is 2.60. The van der Waals surface area contributed by atoms with Gasteiger partial charge in [0.05, 0.1) is 11.7 Å². The summed E-state index contributed by atoms with van der Waals surface area (Å²) in [7, 11) is 0. The first-order chi connectivity index (χ1) is 7.92. The summed E-state index contributed by atoms with van der Waals surface area (Å²) in [5.41, 5.74) is 3.39. The number of nitrogens with zero attached hydrogens (tertiary/aromatic N) is 1. The van der Waals surface area contributed by atoms with Crippen LogP contribution in [0.3, 0.4) is 0 Å². The van der Waals surface area contributed by atoms with Crippen molar-refractivity contribution in [2.24, 2.45) is 0 Å². The highest BCUT2D eigenvalue weighted by atomic mass is 15.1. The van der Waals surface area contributed by atoms with Crippen molar-refractivity contribution in [3.8, 4) is 0 Å². The lowest BCUT2D eigenvalue weighted by molar-refractivity contribution is 1.12. The van der Waals surface area contributed by atoms with Crippen LogP contribution in [-0.2, 0) is 6.54 Å². The smallest absolute Gasteiger partial charge is 0.0670 e. The van der Waals surface area contributed by atoms with Gasteiger partial charge < -0.3 is 10.3 Å². The summed E-state index contributed by atoms with van der Waals surface area (Å²) in [6, 6.07) is 8.24. The van der Waals surface area contributed by atoms with Crippen molar-refractivity contribution in [2.45, 2.75) is 6.54 Å². The first-order valence-corrected chi connectivity index (χ1v) is 5.20. The van der Waals surface area contributed by atoms with E-state index in [1.165, 1.54) is 5.56 Å². The standard InChI is InChI=1S/C12H12N4/c1-2-11(5-12-10(1)8-15-16-12)14-7-9-3-4-13-6-9/h1-6,8,13-14H,7H2,(H,15,16). The van der Waals surface area contributed by atoms with Gasteiger partial charge in [0.25, 0.3) is 0 Å². The third-order valence-corrected chi connectivity index (χ3v) is 2.60. The molecular weight excluding hydrogens is 200 g/mol. The largest absolute Gasteiger partial charge is 0.381 e. The molecule has 0 saturated carbocycles. The number of aromatic nitrogens is 3. The first kappa shape index (κ1) is 9.03. The van der Waals surface area contributed by atoms with Crippen LogP contribution in [-0.4, -0.2) is 15.2 Å². The SMILES string of the molecule is c1cc(CNc2ccc3cn[nH]c3c2)c[nH]1. The molecule has 0 aliphatic heterocycles. The lowest BCUT2D eigenvalue weighted by atomic mass is 10.2. The highest BCUT2D eigenvalue weighted by Crippen LogP contribution is 2.17. The van der Waals surface area contributed by atoms with Gasteiger partial charge in [-0.05, 0) is 29.8 Å². The Morgan fingerprint density at radius 2 is 2.25 bits per heavy atom. The molecule has 3 rings (SSSR count). The molecule has 0 saturated heterocycles. The predicted octanol–water partition coefficient (Wildman–Crippen LogP) is 2.50. The van der Waals surface area contributed by atoms with E-state index in [9.17, 15) is 0 Å². The molecule has 0 aliphatic carbocycles. The van der Waals surface area contributed by atoms with Crippen molar-refractivity contribution in [3.05, 3.63) is 48.4 Å². The number of nitrogens with one attached hydrogen (secondary N) is 3. The molecule has 0 atom stereocenters. The van der Waals surface area contributed by atoms with E-state index >= 15 is 0 Å². The molecular formula is C12H12N4. The molecule has 0 aliphatic rings. The predicted molar refractivity (Wildman–Crippen MR) is 64.2 cm³/mol. The minimum absolute atomic E-state index is 0.823. The molecule has 1 aromatic carbocycles. The molecule has 0 fully saturated rings. The van der Waals surface area contributed by atoms with E-state index in [1.807, 2.05) is 18.6 Å². The second kappa shape index (κ2) is 3.73. The van der Waals surface area contributed by atoms with Crippen molar-refractivity contribution in [3.63, 3.8) is 0 Å². The number of anilines is 1. The Balaban J connectivity index is 1.78. The molecule has 3 aromatic rings. The number of fused-ring (bicyclic) bond motifs is 1. The van der Waals surface area contributed by atoms with Crippen molar-refractivity contribution in [2.75, 3.05) is 5.32 Å². The van der Waals surface area contributed by atoms with Crippen LogP contribution in [0.25, 0.3) is 10.9 Å². The van der Waals surface area contributed by atoms with Crippen LogP contribution in [0.2, 0.25) is 0 Å². The van der Waals surface area contributed by atoms with E-state index in [1.54, 1.807) is 0 Å². The number of aromatic amines is 2. The van der Waals surface area contributed by atoms with Gasteiger partial charge in [-0.3, -0.25) is 5.10 Å². The van der Waals surface area contributed by atoms with Crippen LogP contribution in [0.15, 0.2) is 42.9 Å². The van der Waals surface area contributed by atoms with E-state index in [0.717, 1.165) is 23.1 Å². The van der Waals surface area contributed by atoms with Gasteiger partial charge in [0.15, 0.2) is 0 Å². The van der Waals surface area contributed by atoms with E-state index in [4.69, 9.17) is 0 Å². The molecule has 0 unspecified atom stereocenters. The first-order valence-electron chi connectivity index (χ1n) is 5.20. The maximum absolute atomic E-state index is 3.99. The highest BCUT2D eigenvalue weighted by molar-refractivity contribution is 5.81. The molecule has 0 radical (unpaired) electrons. The summed E-state index contributed by atoms with van der Waals surface area (Å²) in [6.45, 7) is 0.823. The highest BCUT2D eigenvalue weighted by Gasteiger charge is 1.98. The van der Waals surface area contributed by atoms with Gasteiger partial charge >= 0.3 is 0 Å². The Kier molecular flexibility index (Phi) is 2.11. The molecule has 16 heavy (non-hydrogen) atoms. The maximum atomic E-state index is 3.99. The fourth-order valence-electron chi connectivity index (χ4n) is 1.72. The summed E-state index contributed by atoms with van der Waals surface area (Å²) in [6.07, 6.45) is 5.74. The number of rotatable bonds is 3. The van der Waals surface area contributed by atoms with Gasteiger partial charge in [0.1, 0.15) is 0 Å². The summed E-state index contributed by atoms with van der Waals surface area (Å²) in [5.74, 6) is 0. The number of hydrogen-bond acceptors (Lipinski definition) is 2. The van der Waals surface area contributed by atoms with Crippen LogP contribution >= 0.6 is 0 Å². The Labute approximate surface area is 92.7 Å². The van der Waals surface area contributed by atoms with Crippen LogP contribution in [0.4, 0.5) is 5.69 Å². The number of H-pyrrole nitrogens is 2. The van der Waals surface area contributed by atoms with E-state index in [0.29, 0.717) is 0 Å². The Bertz CT molecular complexity index is 580. The van der Waals surface area contributed by atoms with Gasteiger partial charge in [-0.1, -0.05) is 0 Å². The van der Waals surface area contributed by atoms with Crippen LogP contribution < -0.4 is 5.32 Å². The molecule has 0 amide bonds. The molecule has 2 aromatic heterocycles. The minimum Gasteiger partial charge on any atom is -0.381 e. The van der Waals surface area contributed by atoms with Crippen LogP contribution in [0.1, 0.15) is 5.56 Å². The average molecular weight is 212 g/mol. The van der Waals surface area contributed by atoms with Crippen molar-refractivity contribution >= 4 is 16.6 Å². The lowest BCUT2D eigenvalue weighted by Gasteiger charge is -2.04. The van der Waals surface area contributed by atoms with Crippen LogP contribution in [0.5, 0.6) is 0 Å². The second-order valence-corrected chi connectivity index (χ2v) is 3.74. The molecule has 4 nitrogen and oxygen atoms in total. The summed E-state index contributed by atoms with van der Waals surface area (Å²) in [4.78, 5) is 3.04. The van der Waals surface area contributed by atoms with Gasteiger partial charge in [0.2, 0.25) is 0 Å². The van der Waals surface area contributed by atoms with E-state index in [2.05, 4.69) is 44.8 Å². The topological polar surface area (TPSA) is 56.5 Å². The maximum Gasteiger partial charge on any atom is 0.0670 e. The fourth-order valence-corrected chi connectivity index (χ4v) is 1.72. The van der Waals surface area contributed by atoms with E-state index in [-0.39, 0.29) is 0 Å².